The molecular weight excluding hydrogens is 376 g/mol. The Morgan fingerprint density at radius 2 is 1.63 bits per heavy atom. The molecule has 0 radical (unpaired) electrons. The first-order valence-electron chi connectivity index (χ1n) is 9.74. The first kappa shape index (κ1) is 21.0. The van der Waals surface area contributed by atoms with Crippen LogP contribution < -0.4 is 10.7 Å². The Labute approximate surface area is 176 Å². The number of aromatic nitrogens is 1. The lowest BCUT2D eigenvalue weighted by molar-refractivity contribution is -0.136. The molecule has 154 valence electrons. The van der Waals surface area contributed by atoms with Crippen molar-refractivity contribution in [1.82, 2.24) is 9.99 Å². The second kappa shape index (κ2) is 8.78. The van der Waals surface area contributed by atoms with Crippen molar-refractivity contribution in [2.75, 3.05) is 5.32 Å². The highest BCUT2D eigenvalue weighted by Crippen LogP contribution is 2.23. The number of nitrogens with zero attached hydrogens (tertiary/aromatic N) is 2. The number of carbonyl (C=O) groups is 2. The molecule has 1 aromatic heterocycles. The molecule has 0 aliphatic carbocycles. The zero-order valence-electron chi connectivity index (χ0n) is 17.9. The molecule has 0 aliphatic rings. The van der Waals surface area contributed by atoms with Gasteiger partial charge in [0.2, 0.25) is 0 Å². The Balaban J connectivity index is 1.71. The topological polar surface area (TPSA) is 75.5 Å². The summed E-state index contributed by atoms with van der Waals surface area (Å²) in [7, 11) is 0. The molecule has 3 rings (SSSR count). The first-order chi connectivity index (χ1) is 14.3. The van der Waals surface area contributed by atoms with Crippen LogP contribution in [0.2, 0.25) is 0 Å². The van der Waals surface area contributed by atoms with Gasteiger partial charge < -0.3 is 9.88 Å². The molecule has 0 bridgehead atoms. The van der Waals surface area contributed by atoms with Gasteiger partial charge >= 0.3 is 11.8 Å². The molecule has 2 aromatic carbocycles. The van der Waals surface area contributed by atoms with Gasteiger partial charge in [-0.05, 0) is 63.9 Å². The zero-order valence-corrected chi connectivity index (χ0v) is 17.9. The molecule has 0 spiro atoms. The summed E-state index contributed by atoms with van der Waals surface area (Å²) in [4.78, 5) is 24.1. The van der Waals surface area contributed by atoms with E-state index in [1.165, 1.54) is 11.1 Å². The van der Waals surface area contributed by atoms with E-state index < -0.39 is 11.8 Å². The zero-order chi connectivity index (χ0) is 21.8. The van der Waals surface area contributed by atoms with Gasteiger partial charge in [0.15, 0.2) is 0 Å². The van der Waals surface area contributed by atoms with Crippen molar-refractivity contribution in [1.29, 1.82) is 0 Å². The highest BCUT2D eigenvalue weighted by molar-refractivity contribution is 6.39. The van der Waals surface area contributed by atoms with Crippen molar-refractivity contribution in [3.63, 3.8) is 0 Å². The standard InChI is InChI=1S/C24H26N4O2/c1-15-10-11-22(17(3)12-15)28-18(4)13-20(19(28)5)14-25-27-24(30)23(29)26-21-9-7-6-8-16(21)2/h6-14H,1-5H3,(H,26,29)(H,27,30)/b25-14-. The third-order valence-electron chi connectivity index (χ3n) is 5.03. The van der Waals surface area contributed by atoms with Crippen molar-refractivity contribution in [3.8, 4) is 5.69 Å². The van der Waals surface area contributed by atoms with Crippen LogP contribution in [0.4, 0.5) is 5.69 Å². The van der Waals surface area contributed by atoms with Crippen LogP contribution in [0.3, 0.4) is 0 Å². The summed E-state index contributed by atoms with van der Waals surface area (Å²) in [5.41, 5.74) is 10.2. The van der Waals surface area contributed by atoms with Gasteiger partial charge in [0, 0.05) is 28.3 Å². The first-order valence-corrected chi connectivity index (χ1v) is 9.74. The molecule has 3 aromatic rings. The van der Waals surface area contributed by atoms with Gasteiger partial charge in [-0.2, -0.15) is 5.10 Å². The number of amides is 2. The number of hydrogen-bond donors (Lipinski definition) is 2. The fraction of sp³-hybridized carbons (Fsp3) is 0.208. The summed E-state index contributed by atoms with van der Waals surface area (Å²) >= 11 is 0. The Morgan fingerprint density at radius 1 is 0.900 bits per heavy atom. The minimum atomic E-state index is -0.822. The maximum atomic E-state index is 12.1. The fourth-order valence-electron chi connectivity index (χ4n) is 3.45. The summed E-state index contributed by atoms with van der Waals surface area (Å²) in [6.07, 6.45) is 1.56. The van der Waals surface area contributed by atoms with E-state index in [1.807, 2.05) is 39.0 Å². The van der Waals surface area contributed by atoms with Gasteiger partial charge in [0.25, 0.3) is 0 Å². The average molecular weight is 402 g/mol. The predicted octanol–water partition coefficient (Wildman–Crippen LogP) is 4.11. The summed E-state index contributed by atoms with van der Waals surface area (Å²) in [5, 5.41) is 6.56. The number of anilines is 1. The summed E-state index contributed by atoms with van der Waals surface area (Å²) in [6.45, 7) is 10.0. The Kier molecular flexibility index (Phi) is 6.16. The van der Waals surface area contributed by atoms with Gasteiger partial charge in [-0.3, -0.25) is 9.59 Å². The minimum absolute atomic E-state index is 0.596. The van der Waals surface area contributed by atoms with E-state index in [1.54, 1.807) is 18.3 Å². The summed E-state index contributed by atoms with van der Waals surface area (Å²) in [6, 6.07) is 15.6. The lowest BCUT2D eigenvalue weighted by Gasteiger charge is -2.13. The third kappa shape index (κ3) is 4.49. The van der Waals surface area contributed by atoms with Gasteiger partial charge in [-0.25, -0.2) is 5.43 Å². The summed E-state index contributed by atoms with van der Waals surface area (Å²) in [5.74, 6) is -1.58. The molecule has 0 saturated carbocycles. The van der Waals surface area contributed by atoms with Crippen LogP contribution in [0.25, 0.3) is 5.69 Å². The normalized spacial score (nSPS) is 11.0. The number of para-hydroxylation sites is 1. The lowest BCUT2D eigenvalue weighted by atomic mass is 10.1. The van der Waals surface area contributed by atoms with Crippen LogP contribution in [0.1, 0.15) is 33.6 Å². The van der Waals surface area contributed by atoms with E-state index in [9.17, 15) is 9.59 Å². The van der Waals surface area contributed by atoms with Crippen molar-refractivity contribution in [2.45, 2.75) is 34.6 Å². The highest BCUT2D eigenvalue weighted by Gasteiger charge is 2.14. The molecule has 0 atom stereocenters. The predicted molar refractivity (Wildman–Crippen MR) is 120 cm³/mol. The van der Waals surface area contributed by atoms with Crippen LogP contribution in [-0.2, 0) is 9.59 Å². The monoisotopic (exact) mass is 402 g/mol. The molecule has 0 saturated heterocycles. The average Bonchev–Trinajstić information content (AvgIpc) is 2.97. The molecule has 6 nitrogen and oxygen atoms in total. The van der Waals surface area contributed by atoms with Crippen LogP contribution in [-0.4, -0.2) is 22.6 Å². The van der Waals surface area contributed by atoms with E-state index in [0.717, 1.165) is 28.2 Å². The number of hydrazone groups is 1. The molecule has 0 fully saturated rings. The van der Waals surface area contributed by atoms with Gasteiger partial charge in [-0.1, -0.05) is 35.9 Å². The van der Waals surface area contributed by atoms with Crippen LogP contribution >= 0.6 is 0 Å². The Morgan fingerprint density at radius 3 is 2.33 bits per heavy atom. The molecule has 0 aliphatic heterocycles. The lowest BCUT2D eigenvalue weighted by Crippen LogP contribution is -2.32. The van der Waals surface area contributed by atoms with Gasteiger partial charge in [0.05, 0.1) is 6.21 Å². The number of rotatable bonds is 4. The maximum Gasteiger partial charge on any atom is 0.329 e. The smallest absolute Gasteiger partial charge is 0.318 e. The van der Waals surface area contributed by atoms with Crippen molar-refractivity contribution in [2.24, 2.45) is 5.10 Å². The molecule has 30 heavy (non-hydrogen) atoms. The second-order valence-electron chi connectivity index (χ2n) is 7.42. The van der Waals surface area contributed by atoms with Gasteiger partial charge in [0.1, 0.15) is 0 Å². The molecule has 2 amide bonds. The highest BCUT2D eigenvalue weighted by atomic mass is 16.2. The van der Waals surface area contributed by atoms with Gasteiger partial charge in [-0.15, -0.1) is 0 Å². The molecule has 1 heterocycles. The van der Waals surface area contributed by atoms with Crippen molar-refractivity contribution in [3.05, 3.63) is 82.2 Å². The number of benzene rings is 2. The number of nitrogens with one attached hydrogen (secondary N) is 2. The van der Waals surface area contributed by atoms with Crippen LogP contribution in [0.15, 0.2) is 53.6 Å². The second-order valence-corrected chi connectivity index (χ2v) is 7.42. The number of hydrogen-bond acceptors (Lipinski definition) is 3. The molecule has 0 unspecified atom stereocenters. The van der Waals surface area contributed by atoms with E-state index in [-0.39, 0.29) is 0 Å². The minimum Gasteiger partial charge on any atom is -0.318 e. The fourth-order valence-corrected chi connectivity index (χ4v) is 3.45. The van der Waals surface area contributed by atoms with Crippen LogP contribution in [0.5, 0.6) is 0 Å². The largest absolute Gasteiger partial charge is 0.329 e. The molecule has 6 heteroatoms. The van der Waals surface area contributed by atoms with E-state index in [0.29, 0.717) is 5.69 Å². The summed E-state index contributed by atoms with van der Waals surface area (Å²) < 4.78 is 2.16. The van der Waals surface area contributed by atoms with E-state index in [4.69, 9.17) is 0 Å². The SMILES string of the molecule is Cc1ccc(-n2c(C)cc(/C=N\NC(=O)C(=O)Nc3ccccc3C)c2C)c(C)c1. The maximum absolute atomic E-state index is 12.1. The number of aryl methyl sites for hydroxylation is 4. The third-order valence-corrected chi connectivity index (χ3v) is 5.03. The Bertz CT molecular complexity index is 1140. The van der Waals surface area contributed by atoms with E-state index >= 15 is 0 Å². The van der Waals surface area contributed by atoms with Crippen molar-refractivity contribution < 1.29 is 9.59 Å². The van der Waals surface area contributed by atoms with Crippen molar-refractivity contribution >= 4 is 23.7 Å². The molecular formula is C24H26N4O2. The Hall–Kier alpha value is -3.67. The van der Waals surface area contributed by atoms with E-state index in [2.05, 4.69) is 52.5 Å². The number of carbonyl (C=O) groups excluding carboxylic acids is 2. The molecule has 2 N–H and O–H groups in total. The van der Waals surface area contributed by atoms with Crippen LogP contribution in [0, 0.1) is 34.6 Å². The quantitative estimate of drug-likeness (QED) is 0.391.